The largest absolute Gasteiger partial charge is 0.463 e. The summed E-state index contributed by atoms with van der Waals surface area (Å²) in [4.78, 5) is 42.5. The van der Waals surface area contributed by atoms with E-state index in [0.717, 1.165) is 19.3 Å². The van der Waals surface area contributed by atoms with E-state index in [1.807, 2.05) is 15.2 Å². The number of amidine groups is 1. The molecule has 2 atom stereocenters. The second-order valence-corrected chi connectivity index (χ2v) is 16.2. The number of esters is 1. The van der Waals surface area contributed by atoms with Crippen molar-refractivity contribution in [2.24, 2.45) is 10.4 Å². The lowest BCUT2D eigenvalue weighted by atomic mass is 9.39. The number of fused-ring (bicyclic) bond motifs is 1. The number of aliphatic imine (C=N–C) groups is 1. The number of benzene rings is 1. The lowest BCUT2D eigenvalue weighted by molar-refractivity contribution is -0.185. The number of thiazole rings is 1. The second-order valence-electron chi connectivity index (χ2n) is 13.2. The Kier molecular flexibility index (Phi) is 7.32. The molecule has 3 aliphatic carbocycles. The minimum Gasteiger partial charge on any atom is -0.463 e. The van der Waals surface area contributed by atoms with Crippen molar-refractivity contribution in [3.63, 3.8) is 0 Å². The molecule has 5 fully saturated rings. The number of piperazine rings is 1. The van der Waals surface area contributed by atoms with Crippen molar-refractivity contribution < 1.29 is 27.1 Å². The molecule has 1 aromatic carbocycles. The fourth-order valence-electron chi connectivity index (χ4n) is 8.23. The van der Waals surface area contributed by atoms with Gasteiger partial charge in [0, 0.05) is 61.8 Å². The van der Waals surface area contributed by atoms with Gasteiger partial charge in [-0.05, 0) is 55.7 Å². The van der Waals surface area contributed by atoms with Crippen LogP contribution in [0.3, 0.4) is 0 Å². The summed E-state index contributed by atoms with van der Waals surface area (Å²) in [5.74, 6) is -0.186. The monoisotopic (exact) mass is 656 g/mol. The molecule has 0 spiro atoms. The fraction of sp³-hybridized carbons (Fsp3) is 0.548. The van der Waals surface area contributed by atoms with Crippen molar-refractivity contribution >= 4 is 39.0 Å². The van der Waals surface area contributed by atoms with E-state index in [0.29, 0.717) is 66.0 Å². The molecule has 1 aromatic heterocycles. The van der Waals surface area contributed by atoms with Crippen LogP contribution in [0.15, 0.2) is 46.0 Å². The molecular formula is C31H37FN6O5S2. The molecule has 3 aliphatic heterocycles. The van der Waals surface area contributed by atoms with Crippen LogP contribution in [-0.2, 0) is 19.4 Å². The Labute approximate surface area is 266 Å². The van der Waals surface area contributed by atoms with E-state index in [-0.39, 0.29) is 41.2 Å². The quantitative estimate of drug-likeness (QED) is 0.409. The van der Waals surface area contributed by atoms with Gasteiger partial charge in [0.1, 0.15) is 21.7 Å². The SMILES string of the molecule is CCOC(=O)C1=C(CN2CCN3C(=O)N(C45CC(CS(C)(=O)=O)(C4)C5)C[C@@H]3C2)NC(c2nccs2)=N[C@H]1c1cccc(F)c1C. The Bertz CT molecular complexity index is 1710. The summed E-state index contributed by atoms with van der Waals surface area (Å²) in [6.07, 6.45) is 5.23. The molecule has 2 amide bonds. The molecule has 8 rings (SSSR count). The first-order valence-electron chi connectivity index (χ1n) is 15.3. The maximum absolute atomic E-state index is 14.8. The van der Waals surface area contributed by atoms with Crippen LogP contribution in [0.2, 0.25) is 0 Å². The molecule has 11 nitrogen and oxygen atoms in total. The molecule has 4 heterocycles. The molecule has 2 aromatic rings. The summed E-state index contributed by atoms with van der Waals surface area (Å²) in [6, 6.07) is 4.03. The normalized spacial score (nSPS) is 29.5. The topological polar surface area (TPSA) is 125 Å². The van der Waals surface area contributed by atoms with E-state index >= 15 is 0 Å². The minimum absolute atomic E-state index is 0.0188. The first-order chi connectivity index (χ1) is 21.4. The number of hydrogen-bond donors (Lipinski definition) is 1. The zero-order valence-corrected chi connectivity index (χ0v) is 27.2. The third-order valence-corrected chi connectivity index (χ3v) is 11.8. The number of nitrogens with zero attached hydrogens (tertiary/aromatic N) is 5. The summed E-state index contributed by atoms with van der Waals surface area (Å²) in [5, 5.41) is 5.88. The molecule has 1 N–H and O–H groups in total. The lowest BCUT2D eigenvalue weighted by Crippen LogP contribution is -2.76. The second kappa shape index (κ2) is 10.9. The van der Waals surface area contributed by atoms with Gasteiger partial charge in [-0.25, -0.2) is 27.4 Å². The van der Waals surface area contributed by atoms with Gasteiger partial charge in [0.25, 0.3) is 0 Å². The fourth-order valence-corrected chi connectivity index (χ4v) is 10.2. The van der Waals surface area contributed by atoms with Crippen LogP contribution in [0.4, 0.5) is 9.18 Å². The first-order valence-corrected chi connectivity index (χ1v) is 18.2. The third-order valence-electron chi connectivity index (χ3n) is 9.93. The Morgan fingerprint density at radius 2 is 2.00 bits per heavy atom. The highest BCUT2D eigenvalue weighted by Crippen LogP contribution is 2.70. The Morgan fingerprint density at radius 1 is 1.22 bits per heavy atom. The highest BCUT2D eigenvalue weighted by Gasteiger charge is 2.73. The Hall–Kier alpha value is -3.36. The summed E-state index contributed by atoms with van der Waals surface area (Å²) in [7, 11) is -3.06. The summed E-state index contributed by atoms with van der Waals surface area (Å²) < 4.78 is 44.1. The molecule has 3 saturated carbocycles. The van der Waals surface area contributed by atoms with Crippen molar-refractivity contribution in [1.29, 1.82) is 0 Å². The number of amides is 2. The summed E-state index contributed by atoms with van der Waals surface area (Å²) >= 11 is 1.42. The van der Waals surface area contributed by atoms with Crippen LogP contribution in [0.1, 0.15) is 48.4 Å². The van der Waals surface area contributed by atoms with Gasteiger partial charge in [-0.3, -0.25) is 9.89 Å². The van der Waals surface area contributed by atoms with E-state index in [4.69, 9.17) is 9.73 Å². The number of urea groups is 1. The molecule has 6 aliphatic rings. The molecule has 240 valence electrons. The summed E-state index contributed by atoms with van der Waals surface area (Å²) in [6.45, 7) is 6.36. The maximum atomic E-state index is 14.8. The number of carbonyl (C=O) groups excluding carboxylic acids is 2. The zero-order chi connectivity index (χ0) is 31.7. The average Bonchev–Trinajstić information content (AvgIpc) is 3.59. The Balaban J connectivity index is 1.14. The van der Waals surface area contributed by atoms with Crippen LogP contribution in [0.25, 0.3) is 0 Å². The van der Waals surface area contributed by atoms with E-state index in [1.165, 1.54) is 23.7 Å². The highest BCUT2D eigenvalue weighted by molar-refractivity contribution is 7.90. The van der Waals surface area contributed by atoms with Crippen molar-refractivity contribution in [2.75, 3.05) is 51.3 Å². The van der Waals surface area contributed by atoms with Gasteiger partial charge in [0.05, 0.1) is 24.0 Å². The van der Waals surface area contributed by atoms with Gasteiger partial charge in [-0.15, -0.1) is 11.3 Å². The molecule has 0 radical (unpaired) electrons. The lowest BCUT2D eigenvalue weighted by Gasteiger charge is -2.73. The van der Waals surface area contributed by atoms with E-state index in [1.54, 1.807) is 32.2 Å². The summed E-state index contributed by atoms with van der Waals surface area (Å²) in [5.41, 5.74) is 1.57. The smallest absolute Gasteiger partial charge is 0.338 e. The number of rotatable bonds is 9. The number of hydrogen-bond acceptors (Lipinski definition) is 10. The Morgan fingerprint density at radius 3 is 2.69 bits per heavy atom. The van der Waals surface area contributed by atoms with Gasteiger partial charge < -0.3 is 19.9 Å². The van der Waals surface area contributed by atoms with Crippen molar-refractivity contribution in [3.05, 3.63) is 63.0 Å². The molecular weight excluding hydrogens is 620 g/mol. The first kappa shape index (κ1) is 30.3. The number of sulfone groups is 1. The zero-order valence-electron chi connectivity index (χ0n) is 25.6. The van der Waals surface area contributed by atoms with Crippen LogP contribution in [0.5, 0.6) is 0 Å². The third kappa shape index (κ3) is 5.24. The number of halogens is 1. The van der Waals surface area contributed by atoms with Gasteiger partial charge >= 0.3 is 12.0 Å². The number of ether oxygens (including phenoxy) is 1. The van der Waals surface area contributed by atoms with Crippen LogP contribution in [-0.4, -0.2) is 109 Å². The highest BCUT2D eigenvalue weighted by atomic mass is 32.2. The molecule has 2 bridgehead atoms. The van der Waals surface area contributed by atoms with Crippen LogP contribution in [0, 0.1) is 18.2 Å². The molecule has 0 unspecified atom stereocenters. The van der Waals surface area contributed by atoms with Gasteiger partial charge in [-0.2, -0.15) is 0 Å². The number of aromatic nitrogens is 1. The molecule has 14 heteroatoms. The molecule has 2 saturated heterocycles. The van der Waals surface area contributed by atoms with E-state index in [9.17, 15) is 22.4 Å². The van der Waals surface area contributed by atoms with Crippen LogP contribution < -0.4 is 5.32 Å². The standard InChI is InChI=1S/C31H37FN6O5S2/c1-4-43-28(39)24-23(34-26(27-33-8-11-44-27)35-25(24)21-6-5-7-22(32)19(21)2)14-36-9-10-37-20(12-36)13-38(29(37)40)31-15-30(16-31,17-31)18-45(3,41)42/h5-8,11,20,25H,4,9-10,12-18H2,1-3H3,(H,34,35)/t20-,25-,30?,31?/m0/s1. The van der Waals surface area contributed by atoms with E-state index < -0.39 is 21.8 Å². The van der Waals surface area contributed by atoms with Gasteiger partial charge in [-0.1, -0.05) is 12.1 Å². The van der Waals surface area contributed by atoms with Crippen molar-refractivity contribution in [2.45, 2.75) is 50.7 Å². The van der Waals surface area contributed by atoms with Crippen molar-refractivity contribution in [3.8, 4) is 0 Å². The van der Waals surface area contributed by atoms with E-state index in [2.05, 4.69) is 15.2 Å². The van der Waals surface area contributed by atoms with Crippen LogP contribution >= 0.6 is 11.3 Å². The van der Waals surface area contributed by atoms with Gasteiger partial charge in [0.15, 0.2) is 10.8 Å². The average molecular weight is 657 g/mol. The van der Waals surface area contributed by atoms with Crippen molar-refractivity contribution in [1.82, 2.24) is 25.0 Å². The number of nitrogens with one attached hydrogen (secondary N) is 1. The maximum Gasteiger partial charge on any atom is 0.338 e. The predicted molar refractivity (Wildman–Crippen MR) is 167 cm³/mol. The van der Waals surface area contributed by atoms with Gasteiger partial charge in [0.2, 0.25) is 0 Å². The minimum atomic E-state index is -3.06. The number of carbonyl (C=O) groups is 2. The predicted octanol–water partition coefficient (Wildman–Crippen LogP) is 2.89. The molecule has 45 heavy (non-hydrogen) atoms.